The van der Waals surface area contributed by atoms with E-state index in [1.165, 1.54) is 6.20 Å². The third-order valence-electron chi connectivity index (χ3n) is 1.19. The quantitative estimate of drug-likeness (QED) is 0.489. The first-order valence-corrected chi connectivity index (χ1v) is 3.15. The van der Waals surface area contributed by atoms with Crippen molar-refractivity contribution in [3.05, 3.63) is 11.8 Å². The maximum atomic E-state index is 8.44. The molecular formula is C6H6ClN3. The lowest BCUT2D eigenvalue weighted by Crippen LogP contribution is -2.26. The van der Waals surface area contributed by atoms with Gasteiger partial charge in [0, 0.05) is 13.2 Å². The third-order valence-corrected chi connectivity index (χ3v) is 1.58. The van der Waals surface area contributed by atoms with Gasteiger partial charge in [-0.15, -0.1) is 0 Å². The number of hydrogen-bond donors (Lipinski definition) is 0. The van der Waals surface area contributed by atoms with Gasteiger partial charge in [-0.2, -0.15) is 5.26 Å². The summed E-state index contributed by atoms with van der Waals surface area (Å²) in [5, 5.41) is 8.87. The van der Waals surface area contributed by atoms with Crippen LogP contribution in [-0.2, 0) is 0 Å². The summed E-state index contributed by atoms with van der Waals surface area (Å²) in [7, 11) is 1.79. The molecule has 0 spiro atoms. The fraction of sp³-hybridized carbons (Fsp3) is 0.333. The van der Waals surface area contributed by atoms with Crippen molar-refractivity contribution in [3.63, 3.8) is 0 Å². The van der Waals surface area contributed by atoms with E-state index in [4.69, 9.17) is 16.9 Å². The topological polar surface area (TPSA) is 39.4 Å². The highest BCUT2D eigenvalue weighted by atomic mass is 35.5. The summed E-state index contributed by atoms with van der Waals surface area (Å²) < 4.78 is 0. The molecule has 0 aromatic rings. The molecule has 0 N–H and O–H groups in total. The second-order valence-corrected chi connectivity index (χ2v) is 2.36. The predicted octanol–water partition coefficient (Wildman–Crippen LogP) is 0.934. The highest BCUT2D eigenvalue weighted by Crippen LogP contribution is 2.06. The van der Waals surface area contributed by atoms with E-state index in [2.05, 4.69) is 4.99 Å². The number of nitriles is 1. The van der Waals surface area contributed by atoms with Crippen molar-refractivity contribution in [2.45, 2.75) is 0 Å². The normalized spacial score (nSPS) is 17.5. The van der Waals surface area contributed by atoms with E-state index < -0.39 is 0 Å². The van der Waals surface area contributed by atoms with Crippen molar-refractivity contribution < 1.29 is 0 Å². The van der Waals surface area contributed by atoms with E-state index in [-0.39, 0.29) is 0 Å². The van der Waals surface area contributed by atoms with Gasteiger partial charge in [0.15, 0.2) is 5.29 Å². The lowest BCUT2D eigenvalue weighted by molar-refractivity contribution is 0.557. The Morgan fingerprint density at radius 1 is 1.90 bits per heavy atom. The number of amidine groups is 1. The van der Waals surface area contributed by atoms with Crippen LogP contribution in [0.5, 0.6) is 0 Å². The van der Waals surface area contributed by atoms with Crippen LogP contribution in [0.1, 0.15) is 0 Å². The smallest absolute Gasteiger partial charge is 0.198 e. The lowest BCUT2D eigenvalue weighted by atomic mass is 10.3. The average Bonchev–Trinajstić information content (AvgIpc) is 1.95. The van der Waals surface area contributed by atoms with Crippen LogP contribution in [-0.4, -0.2) is 23.8 Å². The van der Waals surface area contributed by atoms with E-state index in [1.807, 2.05) is 6.07 Å². The van der Waals surface area contributed by atoms with Crippen LogP contribution in [0.3, 0.4) is 0 Å². The first kappa shape index (κ1) is 7.10. The van der Waals surface area contributed by atoms with E-state index >= 15 is 0 Å². The van der Waals surface area contributed by atoms with Crippen molar-refractivity contribution in [2.24, 2.45) is 4.99 Å². The Bertz CT molecular complexity index is 236. The molecule has 10 heavy (non-hydrogen) atoms. The SMILES string of the molecule is CN1CC(C#N)=CN=C1Cl. The van der Waals surface area contributed by atoms with E-state index in [0.29, 0.717) is 17.4 Å². The summed E-state index contributed by atoms with van der Waals surface area (Å²) in [5.74, 6) is 0. The van der Waals surface area contributed by atoms with Crippen LogP contribution in [0, 0.1) is 11.3 Å². The second kappa shape index (κ2) is 2.72. The molecule has 3 nitrogen and oxygen atoms in total. The number of hydrogen-bond acceptors (Lipinski definition) is 3. The molecule has 1 heterocycles. The monoisotopic (exact) mass is 155 g/mol. The molecule has 0 unspecified atom stereocenters. The van der Waals surface area contributed by atoms with Gasteiger partial charge in [0.2, 0.25) is 0 Å². The fourth-order valence-corrected chi connectivity index (χ4v) is 0.764. The zero-order valence-electron chi connectivity index (χ0n) is 5.50. The van der Waals surface area contributed by atoms with Crippen molar-refractivity contribution in [2.75, 3.05) is 13.6 Å². The minimum atomic E-state index is 0.430. The standard InChI is InChI=1S/C6H6ClN3/c1-10-4-5(2-8)3-9-6(10)7/h3H,4H2,1H3. The molecule has 1 aliphatic rings. The van der Waals surface area contributed by atoms with Gasteiger partial charge in [-0.25, -0.2) is 4.99 Å². The molecule has 0 bridgehead atoms. The third kappa shape index (κ3) is 1.28. The summed E-state index contributed by atoms with van der Waals surface area (Å²) in [6, 6.07) is 2.01. The Labute approximate surface area is 64.2 Å². The van der Waals surface area contributed by atoms with Gasteiger partial charge in [0.05, 0.1) is 18.2 Å². The fourth-order valence-electron chi connectivity index (χ4n) is 0.656. The molecule has 0 aliphatic carbocycles. The zero-order valence-corrected chi connectivity index (χ0v) is 6.26. The molecule has 0 saturated carbocycles. The summed E-state index contributed by atoms with van der Waals surface area (Å²) in [5.41, 5.74) is 0.631. The largest absolute Gasteiger partial charge is 0.345 e. The van der Waals surface area contributed by atoms with Crippen molar-refractivity contribution in [1.29, 1.82) is 5.26 Å². The molecule has 0 saturated heterocycles. The molecule has 0 radical (unpaired) electrons. The summed E-state index contributed by atoms with van der Waals surface area (Å²) in [4.78, 5) is 5.50. The number of nitrogens with zero attached hydrogens (tertiary/aromatic N) is 3. The van der Waals surface area contributed by atoms with E-state index in [9.17, 15) is 0 Å². The van der Waals surface area contributed by atoms with Crippen molar-refractivity contribution in [1.82, 2.24) is 4.90 Å². The van der Waals surface area contributed by atoms with Gasteiger partial charge >= 0.3 is 0 Å². The first-order valence-electron chi connectivity index (χ1n) is 2.77. The summed E-state index contributed by atoms with van der Waals surface area (Å²) in [6.07, 6.45) is 1.49. The molecular weight excluding hydrogens is 150 g/mol. The van der Waals surface area contributed by atoms with Gasteiger partial charge < -0.3 is 4.90 Å². The maximum absolute atomic E-state index is 8.44. The van der Waals surface area contributed by atoms with Crippen LogP contribution >= 0.6 is 11.6 Å². The van der Waals surface area contributed by atoms with Gasteiger partial charge in [0.25, 0.3) is 0 Å². The lowest BCUT2D eigenvalue weighted by Gasteiger charge is -2.18. The summed E-state index contributed by atoms with van der Waals surface area (Å²) >= 11 is 5.61. The van der Waals surface area contributed by atoms with Gasteiger partial charge in [-0.3, -0.25) is 0 Å². The minimum absolute atomic E-state index is 0.430. The minimum Gasteiger partial charge on any atom is -0.345 e. The van der Waals surface area contributed by atoms with Gasteiger partial charge in [-0.05, 0) is 11.6 Å². The molecule has 1 aliphatic heterocycles. The van der Waals surface area contributed by atoms with E-state index in [1.54, 1.807) is 11.9 Å². The molecule has 0 amide bonds. The second-order valence-electron chi connectivity index (χ2n) is 2.02. The Hall–Kier alpha value is -1.01. The molecule has 1 rings (SSSR count). The van der Waals surface area contributed by atoms with Crippen LogP contribution in [0.25, 0.3) is 0 Å². The molecule has 0 aromatic heterocycles. The van der Waals surface area contributed by atoms with Crippen LogP contribution < -0.4 is 0 Å². The Balaban J connectivity index is 2.81. The summed E-state index contributed by atoms with van der Waals surface area (Å²) in [6.45, 7) is 0.554. The van der Waals surface area contributed by atoms with Gasteiger partial charge in [-0.1, -0.05) is 0 Å². The van der Waals surface area contributed by atoms with Crippen LogP contribution in [0.15, 0.2) is 16.8 Å². The van der Waals surface area contributed by atoms with Crippen molar-refractivity contribution in [3.8, 4) is 6.07 Å². The number of aliphatic imine (C=N–C) groups is 1. The molecule has 0 aromatic carbocycles. The highest BCUT2D eigenvalue weighted by molar-refractivity contribution is 6.64. The molecule has 4 heteroatoms. The molecule has 52 valence electrons. The van der Waals surface area contributed by atoms with Crippen molar-refractivity contribution >= 4 is 16.9 Å². The average molecular weight is 156 g/mol. The van der Waals surface area contributed by atoms with Gasteiger partial charge in [0.1, 0.15) is 0 Å². The van der Waals surface area contributed by atoms with Crippen LogP contribution in [0.4, 0.5) is 0 Å². The number of halogens is 1. The number of rotatable bonds is 0. The first-order chi connectivity index (χ1) is 4.74. The Kier molecular flexibility index (Phi) is 1.93. The Morgan fingerprint density at radius 2 is 2.60 bits per heavy atom. The molecule has 0 atom stereocenters. The zero-order chi connectivity index (χ0) is 7.56. The molecule has 0 fully saturated rings. The number of likely N-dealkylation sites (N-methyl/N-ethyl adjacent to an activating group) is 1. The Morgan fingerprint density at radius 3 is 3.10 bits per heavy atom. The van der Waals surface area contributed by atoms with E-state index in [0.717, 1.165) is 0 Å². The predicted molar refractivity (Wildman–Crippen MR) is 39.6 cm³/mol. The highest BCUT2D eigenvalue weighted by Gasteiger charge is 2.09. The maximum Gasteiger partial charge on any atom is 0.198 e. The van der Waals surface area contributed by atoms with Crippen LogP contribution in [0.2, 0.25) is 0 Å².